The second kappa shape index (κ2) is 7.58. The van der Waals surface area contributed by atoms with Gasteiger partial charge in [0.1, 0.15) is 0 Å². The number of likely N-dealkylation sites (tertiary alicyclic amines) is 1. The minimum atomic E-state index is -0.00189. The van der Waals surface area contributed by atoms with E-state index in [4.69, 9.17) is 0 Å². The topological polar surface area (TPSA) is 45.2 Å². The Kier molecular flexibility index (Phi) is 5.26. The molecular formula is C20H25N3O. The Bertz CT molecular complexity index is 706. The first-order valence-corrected chi connectivity index (χ1v) is 8.62. The molecule has 1 aromatic heterocycles. The van der Waals surface area contributed by atoms with Crippen molar-refractivity contribution < 1.29 is 4.79 Å². The lowest BCUT2D eigenvalue weighted by molar-refractivity contribution is 0.0908. The van der Waals surface area contributed by atoms with Crippen LogP contribution in [-0.2, 0) is 6.54 Å². The second-order valence-electron chi connectivity index (χ2n) is 6.64. The van der Waals surface area contributed by atoms with Crippen LogP contribution in [0.3, 0.4) is 0 Å². The average Bonchev–Trinajstić information content (AvgIpc) is 2.59. The van der Waals surface area contributed by atoms with Crippen molar-refractivity contribution in [3.63, 3.8) is 0 Å². The summed E-state index contributed by atoms with van der Waals surface area (Å²) < 4.78 is 0. The van der Waals surface area contributed by atoms with Crippen LogP contribution < -0.4 is 5.32 Å². The number of hydrogen-bond acceptors (Lipinski definition) is 3. The molecule has 0 unspecified atom stereocenters. The van der Waals surface area contributed by atoms with Crippen LogP contribution in [0, 0.1) is 13.8 Å². The van der Waals surface area contributed by atoms with E-state index >= 15 is 0 Å². The molecule has 0 radical (unpaired) electrons. The first-order chi connectivity index (χ1) is 11.6. The van der Waals surface area contributed by atoms with Crippen LogP contribution in [0.15, 0.2) is 42.7 Å². The lowest BCUT2D eigenvalue weighted by atomic mass is 10.0. The van der Waals surface area contributed by atoms with Crippen molar-refractivity contribution in [2.75, 3.05) is 13.1 Å². The van der Waals surface area contributed by atoms with Crippen LogP contribution in [0.4, 0.5) is 0 Å². The Balaban J connectivity index is 1.51. The smallest absolute Gasteiger partial charge is 0.253 e. The standard InChI is InChI=1S/C20H25N3O/c1-15-5-3-4-6-17(15)14-23-11-8-18(9-12-23)22-20(24)19-13-21-10-7-16(19)2/h3-7,10,13,18H,8-9,11-12,14H2,1-2H3,(H,22,24). The number of carbonyl (C=O) groups is 1. The molecule has 0 aliphatic carbocycles. The number of rotatable bonds is 4. The summed E-state index contributed by atoms with van der Waals surface area (Å²) in [5, 5.41) is 3.17. The number of carbonyl (C=O) groups excluding carboxylic acids is 1. The molecule has 126 valence electrons. The average molecular weight is 323 g/mol. The molecule has 1 aliphatic heterocycles. The van der Waals surface area contributed by atoms with Crippen molar-refractivity contribution in [3.05, 3.63) is 65.0 Å². The van der Waals surface area contributed by atoms with E-state index in [-0.39, 0.29) is 11.9 Å². The third-order valence-electron chi connectivity index (χ3n) is 4.86. The molecule has 2 aromatic rings. The second-order valence-corrected chi connectivity index (χ2v) is 6.64. The number of pyridine rings is 1. The lowest BCUT2D eigenvalue weighted by Gasteiger charge is -2.32. The van der Waals surface area contributed by atoms with Crippen LogP contribution in [0.25, 0.3) is 0 Å². The van der Waals surface area contributed by atoms with Crippen LogP contribution in [0.2, 0.25) is 0 Å². The fraction of sp³-hybridized carbons (Fsp3) is 0.400. The summed E-state index contributed by atoms with van der Waals surface area (Å²) >= 11 is 0. The highest BCUT2D eigenvalue weighted by Gasteiger charge is 2.22. The van der Waals surface area contributed by atoms with E-state index in [2.05, 4.69) is 46.4 Å². The van der Waals surface area contributed by atoms with Crippen LogP contribution in [0.5, 0.6) is 0 Å². The molecule has 1 N–H and O–H groups in total. The van der Waals surface area contributed by atoms with Gasteiger partial charge in [0.2, 0.25) is 0 Å². The molecule has 4 nitrogen and oxygen atoms in total. The van der Waals surface area contributed by atoms with Gasteiger partial charge >= 0.3 is 0 Å². The van der Waals surface area contributed by atoms with Crippen LogP contribution >= 0.6 is 0 Å². The zero-order valence-corrected chi connectivity index (χ0v) is 14.5. The molecule has 4 heteroatoms. The van der Waals surface area contributed by atoms with Gasteiger partial charge in [0.05, 0.1) is 5.56 Å². The van der Waals surface area contributed by atoms with Gasteiger partial charge in [0.25, 0.3) is 5.91 Å². The fourth-order valence-corrected chi connectivity index (χ4v) is 3.23. The van der Waals surface area contributed by atoms with Crippen molar-refractivity contribution >= 4 is 5.91 Å². The van der Waals surface area contributed by atoms with Gasteiger partial charge in [0.15, 0.2) is 0 Å². The van der Waals surface area contributed by atoms with Gasteiger partial charge in [-0.3, -0.25) is 14.7 Å². The normalized spacial score (nSPS) is 16.1. The van der Waals surface area contributed by atoms with Gasteiger partial charge in [-0.15, -0.1) is 0 Å². The highest BCUT2D eigenvalue weighted by atomic mass is 16.1. The summed E-state index contributed by atoms with van der Waals surface area (Å²) in [4.78, 5) is 18.9. The molecule has 1 aromatic carbocycles. The number of nitrogens with zero attached hydrogens (tertiary/aromatic N) is 2. The Morgan fingerprint density at radius 2 is 1.92 bits per heavy atom. The highest BCUT2D eigenvalue weighted by Crippen LogP contribution is 2.16. The number of benzene rings is 1. The fourth-order valence-electron chi connectivity index (χ4n) is 3.23. The maximum Gasteiger partial charge on any atom is 0.253 e. The Hall–Kier alpha value is -2.20. The quantitative estimate of drug-likeness (QED) is 0.940. The highest BCUT2D eigenvalue weighted by molar-refractivity contribution is 5.95. The zero-order chi connectivity index (χ0) is 16.9. The number of hydrogen-bond donors (Lipinski definition) is 1. The van der Waals surface area contributed by atoms with Crippen LogP contribution in [-0.4, -0.2) is 34.9 Å². The number of nitrogens with one attached hydrogen (secondary N) is 1. The number of amides is 1. The molecule has 1 amide bonds. The SMILES string of the molecule is Cc1ccccc1CN1CCC(NC(=O)c2cnccc2C)CC1. The molecule has 0 bridgehead atoms. The predicted molar refractivity (Wildman–Crippen MR) is 95.9 cm³/mol. The molecule has 0 spiro atoms. The van der Waals surface area contributed by atoms with Crippen molar-refractivity contribution in [2.24, 2.45) is 0 Å². The minimum Gasteiger partial charge on any atom is -0.349 e. The maximum atomic E-state index is 12.4. The first kappa shape index (κ1) is 16.7. The zero-order valence-electron chi connectivity index (χ0n) is 14.5. The third kappa shape index (κ3) is 4.01. The first-order valence-electron chi connectivity index (χ1n) is 8.62. The van der Waals surface area contributed by atoms with Gasteiger partial charge in [-0.1, -0.05) is 24.3 Å². The van der Waals surface area contributed by atoms with E-state index < -0.39 is 0 Å². The largest absolute Gasteiger partial charge is 0.349 e. The van der Waals surface area contributed by atoms with Gasteiger partial charge in [-0.2, -0.15) is 0 Å². The third-order valence-corrected chi connectivity index (χ3v) is 4.86. The molecule has 2 heterocycles. The number of aryl methyl sites for hydroxylation is 2. The molecule has 1 aliphatic rings. The molecule has 24 heavy (non-hydrogen) atoms. The number of piperidine rings is 1. The summed E-state index contributed by atoms with van der Waals surface area (Å²) in [6.07, 6.45) is 5.36. The van der Waals surface area contributed by atoms with Gasteiger partial charge in [-0.25, -0.2) is 0 Å². The van der Waals surface area contributed by atoms with Crippen molar-refractivity contribution in [1.29, 1.82) is 0 Å². The molecule has 1 fully saturated rings. The van der Waals surface area contributed by atoms with Gasteiger partial charge in [0, 0.05) is 38.1 Å². The summed E-state index contributed by atoms with van der Waals surface area (Å²) in [6.45, 7) is 7.14. The van der Waals surface area contributed by atoms with Crippen molar-refractivity contribution in [3.8, 4) is 0 Å². The predicted octanol–water partition coefficient (Wildman–Crippen LogP) is 3.09. The summed E-state index contributed by atoms with van der Waals surface area (Å²) in [6, 6.07) is 10.7. The molecular weight excluding hydrogens is 298 g/mol. The van der Waals surface area contributed by atoms with E-state index in [1.54, 1.807) is 12.4 Å². The lowest BCUT2D eigenvalue weighted by Crippen LogP contribution is -2.44. The molecule has 0 saturated carbocycles. The molecule has 3 rings (SSSR count). The molecule has 0 atom stereocenters. The Morgan fingerprint density at radius 1 is 1.17 bits per heavy atom. The van der Waals surface area contributed by atoms with E-state index in [0.29, 0.717) is 5.56 Å². The molecule has 1 saturated heterocycles. The minimum absolute atomic E-state index is 0.00189. The maximum absolute atomic E-state index is 12.4. The Labute approximate surface area is 143 Å². The van der Waals surface area contributed by atoms with Crippen LogP contribution in [0.1, 0.15) is 39.9 Å². The Morgan fingerprint density at radius 3 is 2.62 bits per heavy atom. The summed E-state index contributed by atoms with van der Waals surface area (Å²) in [7, 11) is 0. The van der Waals surface area contributed by atoms with E-state index in [9.17, 15) is 4.79 Å². The monoisotopic (exact) mass is 323 g/mol. The summed E-state index contributed by atoms with van der Waals surface area (Å²) in [5.74, 6) is -0.00189. The number of aromatic nitrogens is 1. The summed E-state index contributed by atoms with van der Waals surface area (Å²) in [5.41, 5.74) is 4.39. The van der Waals surface area contributed by atoms with Crippen molar-refractivity contribution in [2.45, 2.75) is 39.3 Å². The van der Waals surface area contributed by atoms with E-state index in [1.165, 1.54) is 11.1 Å². The van der Waals surface area contributed by atoms with E-state index in [0.717, 1.165) is 38.0 Å². The van der Waals surface area contributed by atoms with Crippen molar-refractivity contribution in [1.82, 2.24) is 15.2 Å². The van der Waals surface area contributed by atoms with Gasteiger partial charge < -0.3 is 5.32 Å². The van der Waals surface area contributed by atoms with E-state index in [1.807, 2.05) is 13.0 Å². The van der Waals surface area contributed by atoms with Gasteiger partial charge in [-0.05, 0) is 49.4 Å².